The second-order valence-electron chi connectivity index (χ2n) is 5.42. The lowest BCUT2D eigenvalue weighted by atomic mass is 9.80. The van der Waals surface area contributed by atoms with Crippen LogP contribution in [-0.4, -0.2) is 10.6 Å². The predicted molar refractivity (Wildman–Crippen MR) is 52.5 cm³/mol. The Hall–Kier alpha value is 0.150. The predicted octanol–water partition coefficient (Wildman–Crippen LogP) is 2.24. The van der Waals surface area contributed by atoms with Crippen molar-refractivity contribution in [1.29, 1.82) is 0 Å². The molecule has 0 aromatic rings. The molecule has 1 nitrogen and oxygen atoms in total. The fourth-order valence-electron chi connectivity index (χ4n) is 5.09. The van der Waals surface area contributed by atoms with Crippen molar-refractivity contribution in [3.05, 3.63) is 0 Å². The molecule has 2 heteroatoms. The summed E-state index contributed by atoms with van der Waals surface area (Å²) < 4.78 is 0. The first-order chi connectivity index (χ1) is 6.27. The van der Waals surface area contributed by atoms with Crippen LogP contribution in [0, 0.1) is 35.5 Å². The van der Waals surface area contributed by atoms with Crippen molar-refractivity contribution < 1.29 is 4.79 Å². The van der Waals surface area contributed by atoms with Crippen LogP contribution in [0.1, 0.15) is 19.3 Å². The SMILES string of the molecule is O=C1C[C@@H]2[C@@H]3C[C@H](Br)[C@H]4[C@@H]3C[C@@H]2[C@H]14. The molecule has 0 aromatic carbocycles. The highest BCUT2D eigenvalue weighted by atomic mass is 79.9. The molecule has 70 valence electrons. The average molecular weight is 241 g/mol. The van der Waals surface area contributed by atoms with Crippen molar-refractivity contribution in [1.82, 2.24) is 0 Å². The number of fused-ring (bicyclic) bond motifs is 2. The molecule has 13 heavy (non-hydrogen) atoms. The number of rotatable bonds is 0. The van der Waals surface area contributed by atoms with E-state index in [1.807, 2.05) is 0 Å². The second-order valence-corrected chi connectivity index (χ2v) is 6.59. The fraction of sp³-hybridized carbons (Fsp3) is 0.909. The molecule has 2 bridgehead atoms. The zero-order chi connectivity index (χ0) is 8.74. The van der Waals surface area contributed by atoms with Crippen molar-refractivity contribution in [2.45, 2.75) is 24.1 Å². The van der Waals surface area contributed by atoms with Crippen molar-refractivity contribution >= 4 is 21.7 Å². The molecule has 0 aromatic heterocycles. The minimum atomic E-state index is 0.484. The molecule has 0 N–H and O–H groups in total. The molecule has 0 aliphatic heterocycles. The maximum absolute atomic E-state index is 11.8. The maximum atomic E-state index is 11.8. The second kappa shape index (κ2) is 2.05. The summed E-state index contributed by atoms with van der Waals surface area (Å²) in [4.78, 5) is 12.5. The zero-order valence-corrected chi connectivity index (χ0v) is 9.03. The summed E-state index contributed by atoms with van der Waals surface area (Å²) in [7, 11) is 0. The average Bonchev–Trinajstić information content (AvgIpc) is 2.67. The smallest absolute Gasteiger partial charge is 0.136 e. The third-order valence-corrected chi connectivity index (χ3v) is 6.27. The Balaban J connectivity index is 1.90. The van der Waals surface area contributed by atoms with Gasteiger partial charge in [-0.15, -0.1) is 0 Å². The Bertz CT molecular complexity index is 300. The zero-order valence-electron chi connectivity index (χ0n) is 7.45. The molecule has 0 radical (unpaired) electrons. The van der Waals surface area contributed by atoms with E-state index in [2.05, 4.69) is 15.9 Å². The van der Waals surface area contributed by atoms with Gasteiger partial charge in [0.05, 0.1) is 0 Å². The van der Waals surface area contributed by atoms with E-state index < -0.39 is 0 Å². The van der Waals surface area contributed by atoms with Crippen LogP contribution in [0.4, 0.5) is 0 Å². The number of halogens is 1. The number of Topliss-reactive ketones (excluding diaryl/α,β-unsaturated/α-hetero) is 1. The monoisotopic (exact) mass is 240 g/mol. The van der Waals surface area contributed by atoms with Crippen LogP contribution in [-0.2, 0) is 4.79 Å². The lowest BCUT2D eigenvalue weighted by Crippen LogP contribution is -2.26. The topological polar surface area (TPSA) is 17.1 Å². The van der Waals surface area contributed by atoms with E-state index in [0.29, 0.717) is 16.5 Å². The summed E-state index contributed by atoms with van der Waals surface area (Å²) in [6.07, 6.45) is 3.69. The lowest BCUT2D eigenvalue weighted by Gasteiger charge is -2.24. The molecule has 0 saturated heterocycles. The Morgan fingerprint density at radius 3 is 2.77 bits per heavy atom. The minimum absolute atomic E-state index is 0.484. The maximum Gasteiger partial charge on any atom is 0.136 e. The van der Waals surface area contributed by atoms with Gasteiger partial charge in [-0.1, -0.05) is 15.9 Å². The van der Waals surface area contributed by atoms with Crippen LogP contribution in [0.25, 0.3) is 0 Å². The van der Waals surface area contributed by atoms with E-state index >= 15 is 0 Å². The molecule has 4 rings (SSSR count). The van der Waals surface area contributed by atoms with Crippen molar-refractivity contribution in [3.8, 4) is 0 Å². The number of carbonyl (C=O) groups excluding carboxylic acids is 1. The largest absolute Gasteiger partial charge is 0.299 e. The van der Waals surface area contributed by atoms with Gasteiger partial charge < -0.3 is 0 Å². The third-order valence-electron chi connectivity index (χ3n) is 5.29. The van der Waals surface area contributed by atoms with E-state index in [1.54, 1.807) is 0 Å². The highest BCUT2D eigenvalue weighted by Gasteiger charge is 2.68. The highest BCUT2D eigenvalue weighted by Crippen LogP contribution is 2.70. The van der Waals surface area contributed by atoms with Gasteiger partial charge in [-0.05, 0) is 42.4 Å². The lowest BCUT2D eigenvalue weighted by molar-refractivity contribution is -0.122. The van der Waals surface area contributed by atoms with Crippen LogP contribution in [0.15, 0.2) is 0 Å². The summed E-state index contributed by atoms with van der Waals surface area (Å²) in [5.74, 6) is 5.29. The number of ketones is 1. The van der Waals surface area contributed by atoms with E-state index in [0.717, 1.165) is 36.0 Å². The van der Waals surface area contributed by atoms with Crippen LogP contribution < -0.4 is 0 Å². The van der Waals surface area contributed by atoms with Gasteiger partial charge in [0, 0.05) is 17.2 Å². The number of hydrogen-bond acceptors (Lipinski definition) is 1. The van der Waals surface area contributed by atoms with Gasteiger partial charge in [-0.2, -0.15) is 0 Å². The van der Waals surface area contributed by atoms with Gasteiger partial charge in [0.1, 0.15) is 5.78 Å². The Labute approximate surface area is 86.4 Å². The first kappa shape index (κ1) is 7.44. The van der Waals surface area contributed by atoms with Crippen molar-refractivity contribution in [3.63, 3.8) is 0 Å². The molecule has 4 aliphatic rings. The quantitative estimate of drug-likeness (QED) is 0.594. The van der Waals surface area contributed by atoms with Gasteiger partial charge in [0.15, 0.2) is 0 Å². The van der Waals surface area contributed by atoms with Gasteiger partial charge in [0.25, 0.3) is 0 Å². The van der Waals surface area contributed by atoms with E-state index in [1.165, 1.54) is 12.8 Å². The normalized spacial score (nSPS) is 66.8. The summed E-state index contributed by atoms with van der Waals surface area (Å²) >= 11 is 3.79. The van der Waals surface area contributed by atoms with Crippen LogP contribution in [0.3, 0.4) is 0 Å². The van der Waals surface area contributed by atoms with Crippen LogP contribution in [0.2, 0.25) is 0 Å². The Kier molecular flexibility index (Phi) is 1.17. The molecule has 7 atom stereocenters. The van der Waals surface area contributed by atoms with Crippen LogP contribution >= 0.6 is 15.9 Å². The third kappa shape index (κ3) is 0.642. The molecule has 4 saturated carbocycles. The number of alkyl halides is 1. The van der Waals surface area contributed by atoms with Gasteiger partial charge >= 0.3 is 0 Å². The fourth-order valence-corrected chi connectivity index (χ4v) is 6.24. The number of carbonyl (C=O) groups is 1. The summed E-state index contributed by atoms with van der Waals surface area (Å²) in [5, 5.41) is 0. The molecular formula is C11H13BrO. The molecule has 0 spiro atoms. The first-order valence-corrected chi connectivity index (χ1v) is 6.35. The highest BCUT2D eigenvalue weighted by molar-refractivity contribution is 9.09. The summed E-state index contributed by atoms with van der Waals surface area (Å²) in [5.41, 5.74) is 0. The minimum Gasteiger partial charge on any atom is -0.299 e. The van der Waals surface area contributed by atoms with Gasteiger partial charge in [-0.25, -0.2) is 0 Å². The Morgan fingerprint density at radius 1 is 1.08 bits per heavy atom. The molecule has 4 fully saturated rings. The summed E-state index contributed by atoms with van der Waals surface area (Å²) in [6.45, 7) is 0. The van der Waals surface area contributed by atoms with Gasteiger partial charge in [0.2, 0.25) is 0 Å². The van der Waals surface area contributed by atoms with E-state index in [9.17, 15) is 4.79 Å². The summed E-state index contributed by atoms with van der Waals surface area (Å²) in [6, 6.07) is 0. The van der Waals surface area contributed by atoms with Gasteiger partial charge in [-0.3, -0.25) is 4.79 Å². The van der Waals surface area contributed by atoms with E-state index in [4.69, 9.17) is 0 Å². The molecule has 0 unspecified atom stereocenters. The standard InChI is InChI=1S/C11H13BrO/c12-8-2-4-5-3-9(13)11-7(5)1-6(4)10(8)11/h4-8,10-11H,1-3H2/t4-,5+,6+,7-,8-,10+,11+/m0/s1. The number of hydrogen-bond donors (Lipinski definition) is 0. The molecule has 4 aliphatic carbocycles. The van der Waals surface area contributed by atoms with Crippen molar-refractivity contribution in [2.75, 3.05) is 0 Å². The van der Waals surface area contributed by atoms with Crippen LogP contribution in [0.5, 0.6) is 0 Å². The van der Waals surface area contributed by atoms with Crippen molar-refractivity contribution in [2.24, 2.45) is 35.5 Å². The molecule has 0 amide bonds. The van der Waals surface area contributed by atoms with E-state index in [-0.39, 0.29) is 0 Å². The molecular weight excluding hydrogens is 228 g/mol. The first-order valence-electron chi connectivity index (χ1n) is 5.44. The Morgan fingerprint density at radius 2 is 1.92 bits per heavy atom. The molecule has 0 heterocycles.